The highest BCUT2D eigenvalue weighted by atomic mass is 35.5. The van der Waals surface area contributed by atoms with Gasteiger partial charge in [-0.2, -0.15) is 0 Å². The van der Waals surface area contributed by atoms with E-state index in [1.165, 1.54) is 0 Å². The van der Waals surface area contributed by atoms with Crippen LogP contribution in [0.25, 0.3) is 5.57 Å². The highest BCUT2D eigenvalue weighted by Gasteiger charge is 2.26. The van der Waals surface area contributed by atoms with Crippen LogP contribution in [0.15, 0.2) is 59.4 Å². The van der Waals surface area contributed by atoms with Gasteiger partial charge in [0, 0.05) is 48.1 Å². The third-order valence-corrected chi connectivity index (χ3v) is 6.82. The molecule has 0 radical (unpaired) electrons. The van der Waals surface area contributed by atoms with Crippen LogP contribution in [-0.2, 0) is 6.42 Å². The maximum absolute atomic E-state index is 6.62. The van der Waals surface area contributed by atoms with Crippen molar-refractivity contribution < 1.29 is 4.74 Å². The molecular formula is C30H37ClN6O. The zero-order valence-electron chi connectivity index (χ0n) is 23.1. The van der Waals surface area contributed by atoms with Gasteiger partial charge in [0.2, 0.25) is 5.95 Å². The summed E-state index contributed by atoms with van der Waals surface area (Å²) in [6.07, 6.45) is 3.38. The summed E-state index contributed by atoms with van der Waals surface area (Å²) in [6.45, 7) is 7.95. The van der Waals surface area contributed by atoms with Crippen LogP contribution < -0.4 is 15.8 Å². The van der Waals surface area contributed by atoms with Crippen molar-refractivity contribution in [3.05, 3.63) is 81.8 Å². The van der Waals surface area contributed by atoms with Crippen molar-refractivity contribution in [3.63, 3.8) is 0 Å². The van der Waals surface area contributed by atoms with Gasteiger partial charge in [0.25, 0.3) is 0 Å². The average molecular weight is 533 g/mol. The maximum Gasteiger partial charge on any atom is 0.227 e. The molecule has 2 aromatic carbocycles. The van der Waals surface area contributed by atoms with Crippen LogP contribution in [0.2, 0.25) is 5.02 Å². The van der Waals surface area contributed by atoms with Gasteiger partial charge in [-0.1, -0.05) is 49.7 Å². The molecule has 1 aliphatic carbocycles. The first-order chi connectivity index (χ1) is 18.1. The number of aliphatic imine (C=N–C) groups is 1. The predicted molar refractivity (Wildman–Crippen MR) is 158 cm³/mol. The molecule has 0 bridgehead atoms. The summed E-state index contributed by atoms with van der Waals surface area (Å²) in [5.41, 5.74) is 13.8. The van der Waals surface area contributed by atoms with E-state index in [2.05, 4.69) is 67.2 Å². The second kappa shape index (κ2) is 11.5. The van der Waals surface area contributed by atoms with Crippen molar-refractivity contribution in [3.8, 4) is 5.75 Å². The van der Waals surface area contributed by atoms with Gasteiger partial charge in [0.05, 0.1) is 28.7 Å². The zero-order chi connectivity index (χ0) is 27.4. The lowest BCUT2D eigenvalue weighted by molar-refractivity contribution is 0.141. The molecule has 1 aromatic heterocycles. The number of halogens is 1. The Hall–Kier alpha value is -3.42. The smallest absolute Gasteiger partial charge is 0.227 e. The minimum atomic E-state index is 0.00980. The molecule has 0 fully saturated rings. The predicted octanol–water partition coefficient (Wildman–Crippen LogP) is 5.88. The van der Waals surface area contributed by atoms with Gasteiger partial charge in [-0.05, 0) is 57.1 Å². The Balaban J connectivity index is 1.58. The topological polar surface area (TPSA) is 88.7 Å². The van der Waals surface area contributed by atoms with E-state index in [-0.39, 0.29) is 5.41 Å². The number of aromatic nitrogens is 2. The molecule has 3 N–H and O–H groups in total. The fraction of sp³-hybridized carbons (Fsp3) is 0.367. The second-order valence-corrected chi connectivity index (χ2v) is 11.2. The Morgan fingerprint density at radius 1 is 1.18 bits per heavy atom. The van der Waals surface area contributed by atoms with Crippen LogP contribution in [0.5, 0.6) is 5.75 Å². The maximum atomic E-state index is 6.62. The number of hydrogen-bond donors (Lipinski definition) is 2. The number of hydrogen-bond acceptors (Lipinski definition) is 7. The van der Waals surface area contributed by atoms with E-state index < -0.39 is 0 Å². The summed E-state index contributed by atoms with van der Waals surface area (Å²) in [7, 11) is 5.92. The van der Waals surface area contributed by atoms with E-state index in [1.807, 2.05) is 36.5 Å². The molecule has 0 aliphatic heterocycles. The second-order valence-electron chi connectivity index (χ2n) is 10.8. The largest absolute Gasteiger partial charge is 0.493 e. The number of allylic oxidation sites excluding steroid dienone is 2. The number of benzene rings is 2. The molecule has 38 heavy (non-hydrogen) atoms. The third-order valence-electron chi connectivity index (χ3n) is 6.51. The number of nitrogens with zero attached hydrogens (tertiary/aromatic N) is 4. The molecule has 7 nitrogen and oxygen atoms in total. The standard InChI is InChI=1S/C30H37ClN6O/c1-19-9-7-8-10-22(19)28(33-4)26-24(32)13-11-20-16-34-29(36-27(20)26)35-25-14-12-21(15-23(25)31)38-18-30(2,3)17-37(5)6/h7-10,12,14-16H,11,13,17-18,32H2,1-6H3,(H,34,35,36). The number of rotatable bonds is 9. The average Bonchev–Trinajstić information content (AvgIpc) is 2.86. The lowest BCUT2D eigenvalue weighted by Crippen LogP contribution is -2.33. The van der Waals surface area contributed by atoms with E-state index in [9.17, 15) is 0 Å². The van der Waals surface area contributed by atoms with Crippen LogP contribution in [0.1, 0.15) is 42.7 Å². The zero-order valence-corrected chi connectivity index (χ0v) is 23.9. The Bertz CT molecular complexity index is 1380. The molecule has 1 aliphatic rings. The van der Waals surface area contributed by atoms with E-state index in [4.69, 9.17) is 27.1 Å². The van der Waals surface area contributed by atoms with Gasteiger partial charge < -0.3 is 20.7 Å². The van der Waals surface area contributed by atoms with Gasteiger partial charge in [0.1, 0.15) is 5.75 Å². The van der Waals surface area contributed by atoms with Crippen molar-refractivity contribution in [2.45, 2.75) is 33.6 Å². The summed E-state index contributed by atoms with van der Waals surface area (Å²) in [5, 5.41) is 3.80. The lowest BCUT2D eigenvalue weighted by Gasteiger charge is -2.28. The Morgan fingerprint density at radius 2 is 1.95 bits per heavy atom. The third kappa shape index (κ3) is 6.34. The number of nitrogens with two attached hydrogens (primary N) is 1. The number of fused-ring (bicyclic) bond motifs is 1. The van der Waals surface area contributed by atoms with Gasteiger partial charge in [-0.25, -0.2) is 9.97 Å². The molecule has 1 heterocycles. The normalized spacial score (nSPS) is 14.1. The van der Waals surface area contributed by atoms with Crippen LogP contribution in [-0.4, -0.2) is 54.9 Å². The van der Waals surface area contributed by atoms with Crippen LogP contribution in [0, 0.1) is 12.3 Å². The van der Waals surface area contributed by atoms with Gasteiger partial charge in [0.15, 0.2) is 0 Å². The highest BCUT2D eigenvalue weighted by molar-refractivity contribution is 6.33. The molecule has 4 rings (SSSR count). The van der Waals surface area contributed by atoms with Crippen molar-refractivity contribution in [2.75, 3.05) is 39.6 Å². The van der Waals surface area contributed by atoms with E-state index >= 15 is 0 Å². The first-order valence-corrected chi connectivity index (χ1v) is 13.2. The molecule has 0 saturated carbocycles. The molecule has 8 heteroatoms. The molecule has 0 spiro atoms. The van der Waals surface area contributed by atoms with Crippen molar-refractivity contribution >= 4 is 34.5 Å². The Kier molecular flexibility index (Phi) is 8.38. The first kappa shape index (κ1) is 27.6. The molecule has 0 amide bonds. The highest BCUT2D eigenvalue weighted by Crippen LogP contribution is 2.34. The quantitative estimate of drug-likeness (QED) is 0.334. The number of aryl methyl sites for hydroxylation is 2. The summed E-state index contributed by atoms with van der Waals surface area (Å²) < 4.78 is 6.05. The van der Waals surface area contributed by atoms with Gasteiger partial charge in [-0.3, -0.25) is 4.99 Å². The Labute approximate surface area is 230 Å². The first-order valence-electron chi connectivity index (χ1n) is 12.8. The lowest BCUT2D eigenvalue weighted by atomic mass is 9.87. The summed E-state index contributed by atoms with van der Waals surface area (Å²) in [5.74, 6) is 1.16. The minimum absolute atomic E-state index is 0.00980. The Morgan fingerprint density at radius 3 is 2.63 bits per heavy atom. The molecule has 0 unspecified atom stereocenters. The van der Waals surface area contributed by atoms with Crippen LogP contribution in [0.3, 0.4) is 0 Å². The molecule has 3 aromatic rings. The van der Waals surface area contributed by atoms with E-state index in [0.717, 1.165) is 64.5 Å². The van der Waals surface area contributed by atoms with Crippen molar-refractivity contribution in [1.82, 2.24) is 14.9 Å². The molecular weight excluding hydrogens is 496 g/mol. The number of anilines is 2. The monoisotopic (exact) mass is 532 g/mol. The fourth-order valence-corrected chi connectivity index (χ4v) is 5.09. The SMILES string of the molecule is CN=C(C1=C(N)CCc2cnc(Nc3ccc(OCC(C)(C)CN(C)C)cc3Cl)nc21)c1ccccc1C. The fourth-order valence-electron chi connectivity index (χ4n) is 4.87. The number of ether oxygens (including phenoxy) is 1. The van der Waals surface area contributed by atoms with Crippen molar-refractivity contribution in [1.29, 1.82) is 0 Å². The minimum Gasteiger partial charge on any atom is -0.493 e. The molecule has 0 saturated heterocycles. The van der Waals surface area contributed by atoms with Crippen LogP contribution in [0.4, 0.5) is 11.6 Å². The van der Waals surface area contributed by atoms with E-state index in [1.54, 1.807) is 7.05 Å². The summed E-state index contributed by atoms with van der Waals surface area (Å²) in [6, 6.07) is 13.8. The number of nitrogens with one attached hydrogen (secondary N) is 1. The van der Waals surface area contributed by atoms with Gasteiger partial charge in [-0.15, -0.1) is 0 Å². The molecule has 200 valence electrons. The van der Waals surface area contributed by atoms with Crippen LogP contribution >= 0.6 is 11.6 Å². The molecule has 0 atom stereocenters. The van der Waals surface area contributed by atoms with Gasteiger partial charge >= 0.3 is 0 Å². The summed E-state index contributed by atoms with van der Waals surface area (Å²) >= 11 is 6.62. The van der Waals surface area contributed by atoms with E-state index in [0.29, 0.717) is 23.3 Å². The summed E-state index contributed by atoms with van der Waals surface area (Å²) in [4.78, 5) is 16.3. The van der Waals surface area contributed by atoms with Crippen molar-refractivity contribution in [2.24, 2.45) is 16.1 Å².